The van der Waals surface area contributed by atoms with Gasteiger partial charge in [0, 0.05) is 5.69 Å². The van der Waals surface area contributed by atoms with Crippen LogP contribution in [0.15, 0.2) is 24.3 Å². The van der Waals surface area contributed by atoms with Gasteiger partial charge < -0.3 is 15.2 Å². The summed E-state index contributed by atoms with van der Waals surface area (Å²) in [5.41, 5.74) is 0.783. The normalized spacial score (nSPS) is 9.81. The molecule has 2 N–H and O–H groups in total. The monoisotopic (exact) mass is 223 g/mol. The van der Waals surface area contributed by atoms with E-state index in [4.69, 9.17) is 9.84 Å². The molecule has 1 aromatic carbocycles. The highest BCUT2D eigenvalue weighted by molar-refractivity contribution is 5.74. The molecule has 1 rings (SSSR count). The molecule has 0 aliphatic carbocycles. The Morgan fingerprint density at radius 1 is 1.38 bits per heavy atom. The third-order valence-electron chi connectivity index (χ3n) is 2.07. The number of esters is 1. The van der Waals surface area contributed by atoms with Crippen molar-refractivity contribution in [1.29, 1.82) is 0 Å². The van der Waals surface area contributed by atoms with Crippen molar-refractivity contribution >= 4 is 11.7 Å². The van der Waals surface area contributed by atoms with E-state index in [1.807, 2.05) is 6.92 Å². The Labute approximate surface area is 95.2 Å². The molecule has 0 atom stereocenters. The van der Waals surface area contributed by atoms with E-state index in [1.54, 1.807) is 24.3 Å². The van der Waals surface area contributed by atoms with Crippen molar-refractivity contribution in [2.45, 2.75) is 19.8 Å². The number of carbonyl (C=O) groups is 1. The molecule has 4 nitrogen and oxygen atoms in total. The second kappa shape index (κ2) is 6.71. The number of unbranched alkanes of at least 4 members (excludes halogenated alkanes) is 1. The van der Waals surface area contributed by atoms with Crippen molar-refractivity contribution in [1.82, 2.24) is 0 Å². The number of rotatable bonds is 6. The summed E-state index contributed by atoms with van der Waals surface area (Å²) in [6.45, 7) is 2.67. The maximum atomic E-state index is 11.2. The quantitative estimate of drug-likeness (QED) is 0.441. The first-order valence-electron chi connectivity index (χ1n) is 5.41. The van der Waals surface area contributed by atoms with Crippen molar-refractivity contribution in [3.8, 4) is 5.75 Å². The minimum atomic E-state index is -0.262. The van der Waals surface area contributed by atoms with Crippen LogP contribution in [0.25, 0.3) is 0 Å². The summed E-state index contributed by atoms with van der Waals surface area (Å²) in [6.07, 6.45) is 1.91. The second-order valence-electron chi connectivity index (χ2n) is 3.47. The molecule has 0 radical (unpaired) electrons. The van der Waals surface area contributed by atoms with Crippen molar-refractivity contribution in [3.05, 3.63) is 24.3 Å². The van der Waals surface area contributed by atoms with Gasteiger partial charge in [0.25, 0.3) is 0 Å². The maximum Gasteiger partial charge on any atom is 0.325 e. The molecule has 0 fully saturated rings. The number of benzene rings is 1. The fourth-order valence-corrected chi connectivity index (χ4v) is 1.13. The third-order valence-corrected chi connectivity index (χ3v) is 2.07. The summed E-state index contributed by atoms with van der Waals surface area (Å²) in [5, 5.41) is 12.0. The molecule has 0 aliphatic heterocycles. The largest absolute Gasteiger partial charge is 0.508 e. The Morgan fingerprint density at radius 3 is 2.69 bits per heavy atom. The van der Waals surface area contributed by atoms with Crippen LogP contribution in [-0.4, -0.2) is 24.2 Å². The fraction of sp³-hybridized carbons (Fsp3) is 0.417. The fourth-order valence-electron chi connectivity index (χ4n) is 1.13. The van der Waals surface area contributed by atoms with Gasteiger partial charge in [-0.2, -0.15) is 0 Å². The van der Waals surface area contributed by atoms with E-state index in [2.05, 4.69) is 5.32 Å². The van der Waals surface area contributed by atoms with Gasteiger partial charge in [0.2, 0.25) is 0 Å². The molecule has 0 bridgehead atoms. The lowest BCUT2D eigenvalue weighted by molar-refractivity contribution is -0.141. The lowest BCUT2D eigenvalue weighted by Gasteiger charge is -2.06. The first-order valence-corrected chi connectivity index (χ1v) is 5.41. The van der Waals surface area contributed by atoms with Crippen LogP contribution < -0.4 is 5.32 Å². The Hall–Kier alpha value is -1.71. The molecule has 88 valence electrons. The van der Waals surface area contributed by atoms with Gasteiger partial charge in [0.15, 0.2) is 0 Å². The van der Waals surface area contributed by atoms with Crippen molar-refractivity contribution in [3.63, 3.8) is 0 Å². The van der Waals surface area contributed by atoms with Crippen molar-refractivity contribution in [2.24, 2.45) is 0 Å². The third kappa shape index (κ3) is 4.68. The van der Waals surface area contributed by atoms with Crippen LogP contribution in [0.4, 0.5) is 5.69 Å². The zero-order valence-electron chi connectivity index (χ0n) is 9.40. The number of hydrogen-bond acceptors (Lipinski definition) is 4. The highest BCUT2D eigenvalue weighted by Gasteiger charge is 2.01. The number of hydrogen-bond donors (Lipinski definition) is 2. The van der Waals surface area contributed by atoms with Crippen LogP contribution in [-0.2, 0) is 9.53 Å². The van der Waals surface area contributed by atoms with E-state index in [0.29, 0.717) is 6.61 Å². The number of phenolic OH excluding ortho intramolecular Hbond substituents is 1. The number of ether oxygens (including phenoxy) is 1. The molecule has 0 aliphatic rings. The highest BCUT2D eigenvalue weighted by Crippen LogP contribution is 2.13. The average molecular weight is 223 g/mol. The number of phenols is 1. The summed E-state index contributed by atoms with van der Waals surface area (Å²) >= 11 is 0. The minimum Gasteiger partial charge on any atom is -0.508 e. The zero-order chi connectivity index (χ0) is 11.8. The molecule has 1 aromatic rings. The Balaban J connectivity index is 2.23. The number of anilines is 1. The standard InChI is InChI=1S/C12H17NO3/c1-2-3-8-16-12(15)9-13-10-4-6-11(14)7-5-10/h4-7,13-14H,2-3,8-9H2,1H3. The molecule has 0 saturated heterocycles. The molecule has 4 heteroatoms. The summed E-state index contributed by atoms with van der Waals surface area (Å²) in [4.78, 5) is 11.2. The van der Waals surface area contributed by atoms with Gasteiger partial charge in [-0.25, -0.2) is 0 Å². The van der Waals surface area contributed by atoms with Crippen LogP contribution in [0.2, 0.25) is 0 Å². The predicted molar refractivity (Wildman–Crippen MR) is 62.5 cm³/mol. The zero-order valence-corrected chi connectivity index (χ0v) is 9.40. The predicted octanol–water partition coefficient (Wildman–Crippen LogP) is 2.15. The SMILES string of the molecule is CCCCOC(=O)CNc1ccc(O)cc1. The van der Waals surface area contributed by atoms with Crippen LogP contribution >= 0.6 is 0 Å². The molecule has 0 aromatic heterocycles. The first kappa shape index (κ1) is 12.4. The van der Waals surface area contributed by atoms with Crippen LogP contribution in [0.1, 0.15) is 19.8 Å². The Kier molecular flexibility index (Phi) is 5.19. The van der Waals surface area contributed by atoms with Gasteiger partial charge in [0.05, 0.1) is 6.61 Å². The maximum absolute atomic E-state index is 11.2. The van der Waals surface area contributed by atoms with E-state index in [9.17, 15) is 4.79 Å². The molecule has 0 saturated carbocycles. The number of nitrogens with one attached hydrogen (secondary N) is 1. The number of carbonyl (C=O) groups excluding carboxylic acids is 1. The molecule has 16 heavy (non-hydrogen) atoms. The van der Waals surface area contributed by atoms with E-state index >= 15 is 0 Å². The van der Waals surface area contributed by atoms with E-state index in [1.165, 1.54) is 0 Å². The molecule has 0 spiro atoms. The second-order valence-corrected chi connectivity index (χ2v) is 3.47. The lowest BCUT2D eigenvalue weighted by atomic mass is 10.3. The van der Waals surface area contributed by atoms with Gasteiger partial charge >= 0.3 is 5.97 Å². The van der Waals surface area contributed by atoms with E-state index in [0.717, 1.165) is 18.5 Å². The smallest absolute Gasteiger partial charge is 0.325 e. The molecular weight excluding hydrogens is 206 g/mol. The summed E-state index contributed by atoms with van der Waals surface area (Å²) in [5.74, 6) is -0.0578. The van der Waals surface area contributed by atoms with Gasteiger partial charge in [-0.3, -0.25) is 4.79 Å². The van der Waals surface area contributed by atoms with Crippen LogP contribution in [0.5, 0.6) is 5.75 Å². The first-order chi connectivity index (χ1) is 7.72. The highest BCUT2D eigenvalue weighted by atomic mass is 16.5. The Bertz CT molecular complexity index is 322. The van der Waals surface area contributed by atoms with Crippen LogP contribution in [0.3, 0.4) is 0 Å². The van der Waals surface area contributed by atoms with Crippen molar-refractivity contribution < 1.29 is 14.6 Å². The number of aromatic hydroxyl groups is 1. The molecule has 0 unspecified atom stereocenters. The summed E-state index contributed by atoms with van der Waals surface area (Å²) in [6, 6.07) is 6.53. The van der Waals surface area contributed by atoms with Gasteiger partial charge in [-0.15, -0.1) is 0 Å². The topological polar surface area (TPSA) is 58.6 Å². The van der Waals surface area contributed by atoms with E-state index < -0.39 is 0 Å². The van der Waals surface area contributed by atoms with Gasteiger partial charge in [-0.05, 0) is 30.7 Å². The molecule has 0 amide bonds. The Morgan fingerprint density at radius 2 is 2.06 bits per heavy atom. The molecule has 0 heterocycles. The summed E-state index contributed by atoms with van der Waals surface area (Å²) < 4.78 is 4.98. The average Bonchev–Trinajstić information content (AvgIpc) is 2.29. The van der Waals surface area contributed by atoms with Crippen LogP contribution in [0, 0.1) is 0 Å². The minimum absolute atomic E-state index is 0.147. The van der Waals surface area contributed by atoms with E-state index in [-0.39, 0.29) is 18.3 Å². The van der Waals surface area contributed by atoms with Crippen molar-refractivity contribution in [2.75, 3.05) is 18.5 Å². The van der Waals surface area contributed by atoms with Gasteiger partial charge in [-0.1, -0.05) is 13.3 Å². The summed E-state index contributed by atoms with van der Waals surface area (Å²) in [7, 11) is 0. The molecular formula is C12H17NO3. The lowest BCUT2D eigenvalue weighted by Crippen LogP contribution is -2.17. The van der Waals surface area contributed by atoms with Gasteiger partial charge in [0.1, 0.15) is 12.3 Å².